The molecule has 0 radical (unpaired) electrons. The fraction of sp³-hybridized carbons (Fsp3) is 0.727. The van der Waals surface area contributed by atoms with Crippen LogP contribution in [0.3, 0.4) is 0 Å². The van der Waals surface area contributed by atoms with Crippen molar-refractivity contribution in [3.05, 3.63) is 35.4 Å². The summed E-state index contributed by atoms with van der Waals surface area (Å²) in [5.41, 5.74) is 2.92. The van der Waals surface area contributed by atoms with E-state index in [2.05, 4.69) is 45.0 Å². The Morgan fingerprint density at radius 3 is 2.36 bits per heavy atom. The molecule has 4 atom stereocenters. The first-order valence-electron chi connectivity index (χ1n) is 9.70. The van der Waals surface area contributed by atoms with Crippen molar-refractivity contribution in [2.24, 2.45) is 23.7 Å². The van der Waals surface area contributed by atoms with Gasteiger partial charge in [-0.1, -0.05) is 82.2 Å². The van der Waals surface area contributed by atoms with E-state index >= 15 is 0 Å². The molecule has 22 heavy (non-hydrogen) atoms. The Kier molecular flexibility index (Phi) is 5.26. The normalized spacial score (nSPS) is 31.3. The van der Waals surface area contributed by atoms with Crippen LogP contribution in [0.4, 0.5) is 0 Å². The summed E-state index contributed by atoms with van der Waals surface area (Å²) in [5.74, 6) is 4.77. The summed E-state index contributed by atoms with van der Waals surface area (Å²) in [7, 11) is 0. The molecular formula is C22H34. The zero-order valence-corrected chi connectivity index (χ0v) is 14.9. The number of rotatable bonds is 4. The zero-order chi connectivity index (χ0) is 15.5. The fourth-order valence-electron chi connectivity index (χ4n) is 5.24. The minimum absolute atomic E-state index is 0.725. The monoisotopic (exact) mass is 298 g/mol. The van der Waals surface area contributed by atoms with E-state index in [1.165, 1.54) is 56.9 Å². The fourth-order valence-corrected chi connectivity index (χ4v) is 5.24. The van der Waals surface area contributed by atoms with Gasteiger partial charge in [-0.25, -0.2) is 0 Å². The predicted molar refractivity (Wildman–Crippen MR) is 96.2 cm³/mol. The van der Waals surface area contributed by atoms with Gasteiger partial charge in [0.25, 0.3) is 0 Å². The van der Waals surface area contributed by atoms with Gasteiger partial charge in [0, 0.05) is 0 Å². The van der Waals surface area contributed by atoms with Crippen molar-refractivity contribution in [1.29, 1.82) is 0 Å². The lowest BCUT2D eigenvalue weighted by atomic mass is 9.67. The SMILES string of the molecule is Cc1ccc(C(C)CC2CCC(C)C(C3CCCC3)C2)cc1. The third-order valence-electron chi connectivity index (χ3n) is 6.71. The second-order valence-electron chi connectivity index (χ2n) is 8.41. The lowest BCUT2D eigenvalue weighted by Gasteiger charge is -2.39. The van der Waals surface area contributed by atoms with E-state index < -0.39 is 0 Å². The van der Waals surface area contributed by atoms with Gasteiger partial charge in [-0.15, -0.1) is 0 Å². The van der Waals surface area contributed by atoms with Gasteiger partial charge in [0.05, 0.1) is 0 Å². The largest absolute Gasteiger partial charge is 0.0622 e. The molecule has 0 heteroatoms. The second kappa shape index (κ2) is 7.20. The minimum atomic E-state index is 0.725. The molecule has 2 aliphatic rings. The van der Waals surface area contributed by atoms with Crippen LogP contribution in [-0.4, -0.2) is 0 Å². The molecule has 1 aromatic carbocycles. The summed E-state index contributed by atoms with van der Waals surface area (Å²) in [5, 5.41) is 0. The van der Waals surface area contributed by atoms with Crippen LogP contribution in [0.1, 0.15) is 82.3 Å². The highest BCUT2D eigenvalue weighted by molar-refractivity contribution is 5.24. The van der Waals surface area contributed by atoms with Crippen molar-refractivity contribution in [3.8, 4) is 0 Å². The zero-order valence-electron chi connectivity index (χ0n) is 14.9. The number of hydrogen-bond acceptors (Lipinski definition) is 0. The van der Waals surface area contributed by atoms with E-state index in [1.54, 1.807) is 5.56 Å². The topological polar surface area (TPSA) is 0 Å². The van der Waals surface area contributed by atoms with Gasteiger partial charge in [-0.2, -0.15) is 0 Å². The van der Waals surface area contributed by atoms with Crippen LogP contribution in [0.25, 0.3) is 0 Å². The lowest BCUT2D eigenvalue weighted by Crippen LogP contribution is -2.28. The number of hydrogen-bond donors (Lipinski definition) is 0. The van der Waals surface area contributed by atoms with E-state index in [9.17, 15) is 0 Å². The van der Waals surface area contributed by atoms with Crippen LogP contribution in [0.2, 0.25) is 0 Å². The van der Waals surface area contributed by atoms with Crippen molar-refractivity contribution in [2.75, 3.05) is 0 Å². The molecule has 0 amide bonds. The molecule has 4 unspecified atom stereocenters. The molecule has 0 bridgehead atoms. The molecule has 0 spiro atoms. The van der Waals surface area contributed by atoms with Crippen LogP contribution < -0.4 is 0 Å². The molecule has 2 fully saturated rings. The van der Waals surface area contributed by atoms with Crippen LogP contribution in [-0.2, 0) is 0 Å². The van der Waals surface area contributed by atoms with Gasteiger partial charge in [0.2, 0.25) is 0 Å². The molecular weight excluding hydrogens is 264 g/mol. The maximum atomic E-state index is 2.53. The van der Waals surface area contributed by atoms with Crippen molar-refractivity contribution >= 4 is 0 Å². The summed E-state index contributed by atoms with van der Waals surface area (Å²) in [6, 6.07) is 9.24. The molecule has 0 saturated heterocycles. The van der Waals surface area contributed by atoms with Gasteiger partial charge in [-0.05, 0) is 54.9 Å². The molecule has 0 aliphatic heterocycles. The van der Waals surface area contributed by atoms with Gasteiger partial charge in [0.15, 0.2) is 0 Å². The summed E-state index contributed by atoms with van der Waals surface area (Å²) in [6.45, 7) is 7.15. The Morgan fingerprint density at radius 1 is 1.00 bits per heavy atom. The molecule has 0 aromatic heterocycles. The Hall–Kier alpha value is -0.780. The molecule has 2 aliphatic carbocycles. The first kappa shape index (κ1) is 16.1. The molecule has 0 nitrogen and oxygen atoms in total. The molecule has 0 N–H and O–H groups in total. The molecule has 2 saturated carbocycles. The van der Waals surface area contributed by atoms with Crippen molar-refractivity contribution in [3.63, 3.8) is 0 Å². The Morgan fingerprint density at radius 2 is 1.68 bits per heavy atom. The van der Waals surface area contributed by atoms with Gasteiger partial charge >= 0.3 is 0 Å². The standard InChI is InChI=1S/C22H34/c1-16-8-12-20(13-9-16)18(3)14-19-11-10-17(2)22(15-19)21-6-4-5-7-21/h8-9,12-13,17-19,21-22H,4-7,10-11,14-15H2,1-3H3. The van der Waals surface area contributed by atoms with Crippen molar-refractivity contribution in [2.45, 2.75) is 78.1 Å². The number of aryl methyl sites for hydroxylation is 1. The average molecular weight is 299 g/mol. The molecule has 3 rings (SSSR count). The first-order chi connectivity index (χ1) is 10.6. The van der Waals surface area contributed by atoms with E-state index in [0.29, 0.717) is 0 Å². The Labute approximate surface area is 137 Å². The summed E-state index contributed by atoms with van der Waals surface area (Å²) in [6.07, 6.45) is 11.9. The third kappa shape index (κ3) is 3.76. The Balaban J connectivity index is 1.58. The predicted octanol–water partition coefficient (Wildman–Crippen LogP) is 6.73. The van der Waals surface area contributed by atoms with E-state index in [-0.39, 0.29) is 0 Å². The molecule has 1 aromatic rings. The highest BCUT2D eigenvalue weighted by Gasteiger charge is 2.34. The lowest BCUT2D eigenvalue weighted by molar-refractivity contribution is 0.125. The van der Waals surface area contributed by atoms with Crippen LogP contribution in [0, 0.1) is 30.6 Å². The average Bonchev–Trinajstić information content (AvgIpc) is 3.04. The summed E-state index contributed by atoms with van der Waals surface area (Å²) >= 11 is 0. The number of benzene rings is 1. The van der Waals surface area contributed by atoms with Crippen LogP contribution >= 0.6 is 0 Å². The van der Waals surface area contributed by atoms with Crippen molar-refractivity contribution in [1.82, 2.24) is 0 Å². The van der Waals surface area contributed by atoms with Crippen LogP contribution in [0.5, 0.6) is 0 Å². The molecule has 122 valence electrons. The van der Waals surface area contributed by atoms with E-state index in [4.69, 9.17) is 0 Å². The third-order valence-corrected chi connectivity index (χ3v) is 6.71. The Bertz CT molecular complexity index is 451. The summed E-state index contributed by atoms with van der Waals surface area (Å²) in [4.78, 5) is 0. The van der Waals surface area contributed by atoms with Crippen LogP contribution in [0.15, 0.2) is 24.3 Å². The van der Waals surface area contributed by atoms with Gasteiger partial charge in [0.1, 0.15) is 0 Å². The van der Waals surface area contributed by atoms with Crippen molar-refractivity contribution < 1.29 is 0 Å². The molecule has 0 heterocycles. The van der Waals surface area contributed by atoms with Gasteiger partial charge in [-0.3, -0.25) is 0 Å². The maximum absolute atomic E-state index is 2.53. The second-order valence-corrected chi connectivity index (χ2v) is 8.41. The van der Waals surface area contributed by atoms with Gasteiger partial charge < -0.3 is 0 Å². The first-order valence-corrected chi connectivity index (χ1v) is 9.70. The maximum Gasteiger partial charge on any atom is -0.0188 e. The van der Waals surface area contributed by atoms with E-state index in [1.807, 2.05) is 0 Å². The highest BCUT2D eigenvalue weighted by Crippen LogP contribution is 2.46. The smallest absolute Gasteiger partial charge is 0.0188 e. The quantitative estimate of drug-likeness (QED) is 0.578. The highest BCUT2D eigenvalue weighted by atomic mass is 14.4. The summed E-state index contributed by atoms with van der Waals surface area (Å²) < 4.78 is 0. The van der Waals surface area contributed by atoms with E-state index in [0.717, 1.165) is 29.6 Å². The minimum Gasteiger partial charge on any atom is -0.0622 e.